The number of carbonyl (C=O) groups excluding carboxylic acids is 1. The van der Waals surface area contributed by atoms with E-state index in [1.165, 1.54) is 6.07 Å². The van der Waals surface area contributed by atoms with Crippen molar-refractivity contribution in [2.75, 3.05) is 31.7 Å². The highest BCUT2D eigenvalue weighted by Crippen LogP contribution is 2.32. The number of sulfonamides is 1. The van der Waals surface area contributed by atoms with Gasteiger partial charge in [-0.15, -0.1) is 4.40 Å². The van der Waals surface area contributed by atoms with Gasteiger partial charge in [-0.3, -0.25) is 4.79 Å². The fourth-order valence-corrected chi connectivity index (χ4v) is 3.82. The van der Waals surface area contributed by atoms with E-state index < -0.39 is 10.0 Å². The highest BCUT2D eigenvalue weighted by molar-refractivity contribution is 7.90. The lowest BCUT2D eigenvalue weighted by atomic mass is 10.1. The highest BCUT2D eigenvalue weighted by Gasteiger charge is 2.29. The molecule has 0 aliphatic carbocycles. The number of methoxy groups -OCH3 is 1. The Morgan fingerprint density at radius 2 is 2.12 bits per heavy atom. The Morgan fingerprint density at radius 3 is 2.79 bits per heavy atom. The average molecular weight is 353 g/mol. The van der Waals surface area contributed by atoms with Gasteiger partial charge < -0.3 is 15.0 Å². The molecule has 0 aromatic heterocycles. The summed E-state index contributed by atoms with van der Waals surface area (Å²) in [5.41, 5.74) is 0.876. The zero-order chi connectivity index (χ0) is 17.7. The van der Waals surface area contributed by atoms with Crippen LogP contribution in [0.4, 0.5) is 5.69 Å². The normalized spacial score (nSPS) is 15.6. The van der Waals surface area contributed by atoms with E-state index >= 15 is 0 Å². The third-order valence-electron chi connectivity index (χ3n) is 3.69. The van der Waals surface area contributed by atoms with Gasteiger partial charge in [-0.25, -0.2) is 0 Å². The minimum Gasteiger partial charge on any atom is -0.385 e. The Balaban J connectivity index is 2.28. The van der Waals surface area contributed by atoms with Gasteiger partial charge in [0.1, 0.15) is 10.7 Å². The molecule has 0 atom stereocenters. The van der Waals surface area contributed by atoms with E-state index in [2.05, 4.69) is 9.71 Å². The molecule has 1 N–H and O–H groups in total. The molecule has 0 saturated heterocycles. The van der Waals surface area contributed by atoms with E-state index in [9.17, 15) is 13.2 Å². The van der Waals surface area contributed by atoms with Gasteiger partial charge in [0.25, 0.3) is 15.9 Å². The van der Waals surface area contributed by atoms with Crippen molar-refractivity contribution in [3.05, 3.63) is 23.8 Å². The SMILES string of the molecule is CCCN1C(C)=NS(=O)(=O)c2cc(C(=O)NCCCOC)ccc21. The maximum absolute atomic E-state index is 12.3. The van der Waals surface area contributed by atoms with Gasteiger partial charge in [-0.05, 0) is 38.0 Å². The number of carbonyl (C=O) groups is 1. The predicted molar refractivity (Wildman–Crippen MR) is 93.2 cm³/mol. The summed E-state index contributed by atoms with van der Waals surface area (Å²) in [4.78, 5) is 14.1. The number of nitrogens with one attached hydrogen (secondary N) is 1. The molecule has 1 amide bonds. The van der Waals surface area contributed by atoms with Crippen molar-refractivity contribution in [3.63, 3.8) is 0 Å². The average Bonchev–Trinajstić information content (AvgIpc) is 2.54. The standard InChI is InChI=1S/C16H23N3O4S/c1-4-9-19-12(2)18-24(21,22)15-11-13(6-7-14(15)19)16(20)17-8-5-10-23-3/h6-7,11H,4-5,8-10H2,1-3H3,(H,17,20). The number of ether oxygens (including phenoxy) is 1. The second kappa shape index (κ2) is 7.76. The summed E-state index contributed by atoms with van der Waals surface area (Å²) >= 11 is 0. The lowest BCUT2D eigenvalue weighted by Gasteiger charge is -2.29. The van der Waals surface area contributed by atoms with E-state index in [0.717, 1.165) is 6.42 Å². The Hall–Kier alpha value is -1.93. The van der Waals surface area contributed by atoms with Crippen molar-refractivity contribution < 1.29 is 17.9 Å². The molecule has 0 fully saturated rings. The molecule has 0 saturated carbocycles. The molecule has 24 heavy (non-hydrogen) atoms. The van der Waals surface area contributed by atoms with Crippen LogP contribution in [-0.2, 0) is 14.8 Å². The van der Waals surface area contributed by atoms with Gasteiger partial charge >= 0.3 is 0 Å². The van der Waals surface area contributed by atoms with Crippen molar-refractivity contribution in [3.8, 4) is 0 Å². The fraction of sp³-hybridized carbons (Fsp3) is 0.500. The maximum atomic E-state index is 12.3. The van der Waals surface area contributed by atoms with Crippen LogP contribution in [0, 0.1) is 0 Å². The third-order valence-corrected chi connectivity index (χ3v) is 5.08. The lowest BCUT2D eigenvalue weighted by molar-refractivity contribution is 0.0948. The first-order valence-electron chi connectivity index (χ1n) is 7.91. The first kappa shape index (κ1) is 18.4. The van der Waals surface area contributed by atoms with Gasteiger partial charge in [0.05, 0.1) is 5.69 Å². The Kier molecular flexibility index (Phi) is 5.95. The number of rotatable bonds is 7. The molecule has 1 aromatic rings. The number of nitrogens with zero attached hydrogens (tertiary/aromatic N) is 2. The van der Waals surface area contributed by atoms with Crippen LogP contribution >= 0.6 is 0 Å². The molecule has 7 nitrogen and oxygen atoms in total. The van der Waals surface area contributed by atoms with Crippen LogP contribution < -0.4 is 10.2 Å². The largest absolute Gasteiger partial charge is 0.385 e. The first-order valence-corrected chi connectivity index (χ1v) is 9.35. The molecule has 132 valence electrons. The number of hydrogen-bond acceptors (Lipinski definition) is 5. The van der Waals surface area contributed by atoms with E-state index in [1.807, 2.05) is 11.8 Å². The summed E-state index contributed by atoms with van der Waals surface area (Å²) < 4.78 is 33.4. The number of fused-ring (bicyclic) bond motifs is 1. The molecule has 1 aliphatic rings. The summed E-state index contributed by atoms with van der Waals surface area (Å²) in [6.07, 6.45) is 1.55. The van der Waals surface area contributed by atoms with Crippen LogP contribution in [0.5, 0.6) is 0 Å². The first-order chi connectivity index (χ1) is 11.4. The zero-order valence-corrected chi connectivity index (χ0v) is 15.0. The van der Waals surface area contributed by atoms with Crippen molar-refractivity contribution in [2.24, 2.45) is 4.40 Å². The molecule has 0 unspecified atom stereocenters. The third kappa shape index (κ3) is 3.93. The second-order valence-electron chi connectivity index (χ2n) is 5.55. The van der Waals surface area contributed by atoms with Crippen LogP contribution in [0.15, 0.2) is 27.5 Å². The van der Waals surface area contributed by atoms with Crippen molar-refractivity contribution in [2.45, 2.75) is 31.6 Å². The lowest BCUT2D eigenvalue weighted by Crippen LogP contribution is -2.35. The summed E-state index contributed by atoms with van der Waals surface area (Å²) in [7, 11) is -2.18. The van der Waals surface area contributed by atoms with Crippen LogP contribution in [0.2, 0.25) is 0 Å². The highest BCUT2D eigenvalue weighted by atomic mass is 32.2. The van der Waals surface area contributed by atoms with E-state index in [4.69, 9.17) is 4.74 Å². The minimum absolute atomic E-state index is 0.0751. The van der Waals surface area contributed by atoms with Crippen LogP contribution in [0.1, 0.15) is 37.0 Å². The Morgan fingerprint density at radius 1 is 1.38 bits per heavy atom. The van der Waals surface area contributed by atoms with Crippen LogP contribution in [0.3, 0.4) is 0 Å². The van der Waals surface area contributed by atoms with Crippen molar-refractivity contribution in [1.82, 2.24) is 5.32 Å². The predicted octanol–water partition coefficient (Wildman–Crippen LogP) is 1.79. The summed E-state index contributed by atoms with van der Waals surface area (Å²) in [6, 6.07) is 4.71. The zero-order valence-electron chi connectivity index (χ0n) is 14.2. The second-order valence-corrected chi connectivity index (χ2v) is 7.12. The maximum Gasteiger partial charge on any atom is 0.286 e. The van der Waals surface area contributed by atoms with Gasteiger partial charge in [0, 0.05) is 32.4 Å². The summed E-state index contributed by atoms with van der Waals surface area (Å²) in [5, 5.41) is 2.75. The molecular weight excluding hydrogens is 330 g/mol. The van der Waals surface area contributed by atoms with E-state index in [0.29, 0.717) is 43.2 Å². The Bertz CT molecular complexity index is 744. The topological polar surface area (TPSA) is 88.1 Å². The van der Waals surface area contributed by atoms with Crippen LogP contribution in [-0.4, -0.2) is 47.0 Å². The molecule has 0 spiro atoms. The summed E-state index contributed by atoms with van der Waals surface area (Å²) in [5.74, 6) is 0.138. The van der Waals surface area contributed by atoms with E-state index in [1.54, 1.807) is 26.2 Å². The smallest absolute Gasteiger partial charge is 0.286 e. The number of amides is 1. The molecule has 0 radical (unpaired) electrons. The van der Waals surface area contributed by atoms with Crippen LogP contribution in [0.25, 0.3) is 0 Å². The molecule has 1 aliphatic heterocycles. The fourth-order valence-electron chi connectivity index (χ4n) is 2.56. The number of benzene rings is 1. The van der Waals surface area contributed by atoms with Gasteiger partial charge in [0.2, 0.25) is 0 Å². The molecule has 1 aromatic carbocycles. The molecule has 1 heterocycles. The van der Waals surface area contributed by atoms with Gasteiger partial charge in [-0.2, -0.15) is 8.42 Å². The number of anilines is 1. The number of hydrogen-bond donors (Lipinski definition) is 1. The quantitative estimate of drug-likeness (QED) is 0.755. The number of amidine groups is 1. The molecule has 2 rings (SSSR count). The monoisotopic (exact) mass is 353 g/mol. The van der Waals surface area contributed by atoms with Crippen molar-refractivity contribution >= 4 is 27.5 Å². The van der Waals surface area contributed by atoms with Crippen molar-refractivity contribution in [1.29, 1.82) is 0 Å². The molecule has 8 heteroatoms. The summed E-state index contributed by atoms with van der Waals surface area (Å²) in [6.45, 7) is 5.37. The van der Waals surface area contributed by atoms with E-state index in [-0.39, 0.29) is 10.8 Å². The Labute approximate surface area is 142 Å². The molecule has 0 bridgehead atoms. The van der Waals surface area contributed by atoms with Gasteiger partial charge in [0.15, 0.2) is 0 Å². The molecular formula is C16H23N3O4S. The minimum atomic E-state index is -3.78. The van der Waals surface area contributed by atoms with Gasteiger partial charge in [-0.1, -0.05) is 6.92 Å².